The van der Waals surface area contributed by atoms with Gasteiger partial charge in [0.05, 0.1) is 6.61 Å². The highest BCUT2D eigenvalue weighted by molar-refractivity contribution is 6.03. The van der Waals surface area contributed by atoms with E-state index in [1.165, 1.54) is 0 Å². The largest absolute Gasteiger partial charge is 0.493 e. The van der Waals surface area contributed by atoms with Gasteiger partial charge >= 0.3 is 0 Å². The molecule has 1 unspecified atom stereocenters. The van der Waals surface area contributed by atoms with Crippen LogP contribution in [0.2, 0.25) is 0 Å². The van der Waals surface area contributed by atoms with Crippen LogP contribution in [0.1, 0.15) is 30.1 Å². The van der Waals surface area contributed by atoms with Crippen molar-refractivity contribution in [3.05, 3.63) is 23.8 Å². The molecular weight excluding hydrogens is 258 g/mol. The number of nitrogens with two attached hydrogens (primary N) is 1. The van der Waals surface area contributed by atoms with Crippen molar-refractivity contribution in [2.45, 2.75) is 25.8 Å². The number of anilines is 1. The van der Waals surface area contributed by atoms with Crippen molar-refractivity contribution in [2.75, 3.05) is 18.9 Å². The zero-order valence-corrected chi connectivity index (χ0v) is 11.4. The molecule has 1 fully saturated rings. The van der Waals surface area contributed by atoms with E-state index in [1.54, 1.807) is 18.2 Å². The van der Waals surface area contributed by atoms with Gasteiger partial charge in [-0.05, 0) is 31.9 Å². The Morgan fingerprint density at radius 3 is 3.05 bits per heavy atom. The molecule has 1 heterocycles. The summed E-state index contributed by atoms with van der Waals surface area (Å²) in [6, 6.07) is 4.55. The van der Waals surface area contributed by atoms with Crippen LogP contribution in [-0.2, 0) is 4.79 Å². The van der Waals surface area contributed by atoms with Gasteiger partial charge < -0.3 is 21.1 Å². The van der Waals surface area contributed by atoms with E-state index >= 15 is 0 Å². The SMILES string of the molecule is CCOc1cccc(N)c1C(=O)NC1CCCNC1=O. The van der Waals surface area contributed by atoms with E-state index < -0.39 is 6.04 Å². The highest BCUT2D eigenvalue weighted by Gasteiger charge is 2.26. The number of carbonyl (C=O) groups is 2. The third-order valence-corrected chi connectivity index (χ3v) is 3.18. The summed E-state index contributed by atoms with van der Waals surface area (Å²) in [5, 5.41) is 5.44. The van der Waals surface area contributed by atoms with Crippen LogP contribution in [0, 0.1) is 0 Å². The lowest BCUT2D eigenvalue weighted by Crippen LogP contribution is -2.50. The molecule has 0 aromatic heterocycles. The van der Waals surface area contributed by atoms with Crippen LogP contribution in [0.25, 0.3) is 0 Å². The molecule has 2 amide bonds. The summed E-state index contributed by atoms with van der Waals surface area (Å²) in [5.74, 6) is -0.105. The second-order valence-corrected chi connectivity index (χ2v) is 4.61. The third-order valence-electron chi connectivity index (χ3n) is 3.18. The molecule has 0 saturated carbocycles. The molecule has 1 aliphatic heterocycles. The van der Waals surface area contributed by atoms with Crippen LogP contribution in [0.4, 0.5) is 5.69 Å². The number of amides is 2. The van der Waals surface area contributed by atoms with Crippen LogP contribution >= 0.6 is 0 Å². The normalized spacial score (nSPS) is 18.2. The molecule has 6 heteroatoms. The molecule has 1 atom stereocenters. The van der Waals surface area contributed by atoms with Crippen LogP contribution in [-0.4, -0.2) is 31.0 Å². The van der Waals surface area contributed by atoms with Gasteiger partial charge in [0.25, 0.3) is 5.91 Å². The fraction of sp³-hybridized carbons (Fsp3) is 0.429. The first-order chi connectivity index (χ1) is 9.63. The van der Waals surface area contributed by atoms with Gasteiger partial charge in [-0.25, -0.2) is 0 Å². The Bertz CT molecular complexity index is 516. The molecule has 0 spiro atoms. The van der Waals surface area contributed by atoms with Crippen molar-refractivity contribution < 1.29 is 14.3 Å². The maximum Gasteiger partial charge on any atom is 0.257 e. The van der Waals surface area contributed by atoms with E-state index in [9.17, 15) is 9.59 Å². The summed E-state index contributed by atoms with van der Waals surface area (Å²) in [5.41, 5.74) is 6.47. The lowest BCUT2D eigenvalue weighted by molar-refractivity contribution is -0.124. The minimum atomic E-state index is -0.509. The molecule has 1 aromatic carbocycles. The zero-order valence-electron chi connectivity index (χ0n) is 11.4. The Kier molecular flexibility index (Phi) is 4.45. The lowest BCUT2D eigenvalue weighted by Gasteiger charge is -2.23. The van der Waals surface area contributed by atoms with Gasteiger partial charge in [-0.2, -0.15) is 0 Å². The van der Waals surface area contributed by atoms with Gasteiger partial charge in [-0.3, -0.25) is 9.59 Å². The number of piperidine rings is 1. The number of benzene rings is 1. The van der Waals surface area contributed by atoms with Crippen molar-refractivity contribution >= 4 is 17.5 Å². The zero-order chi connectivity index (χ0) is 14.5. The summed E-state index contributed by atoms with van der Waals surface area (Å²) < 4.78 is 5.41. The molecule has 0 bridgehead atoms. The number of ether oxygens (including phenoxy) is 1. The summed E-state index contributed by atoms with van der Waals surface area (Å²) in [6.45, 7) is 2.93. The lowest BCUT2D eigenvalue weighted by atomic mass is 10.1. The average molecular weight is 277 g/mol. The monoisotopic (exact) mass is 277 g/mol. The first-order valence-electron chi connectivity index (χ1n) is 6.73. The molecule has 1 aliphatic rings. The highest BCUT2D eigenvalue weighted by Crippen LogP contribution is 2.24. The number of hydrogen-bond acceptors (Lipinski definition) is 4. The van der Waals surface area contributed by atoms with E-state index in [1.807, 2.05) is 6.92 Å². The maximum atomic E-state index is 12.3. The third kappa shape index (κ3) is 3.01. The standard InChI is InChI=1S/C14H19N3O3/c1-2-20-11-7-3-5-9(15)12(11)14(19)17-10-6-4-8-16-13(10)18/h3,5,7,10H,2,4,6,8,15H2,1H3,(H,16,18)(H,17,19). The van der Waals surface area contributed by atoms with Crippen molar-refractivity contribution in [1.29, 1.82) is 0 Å². The van der Waals surface area contributed by atoms with Crippen LogP contribution in [0.15, 0.2) is 18.2 Å². The van der Waals surface area contributed by atoms with E-state index in [4.69, 9.17) is 10.5 Å². The van der Waals surface area contributed by atoms with Gasteiger partial charge in [0.1, 0.15) is 17.4 Å². The molecule has 1 aromatic rings. The molecule has 108 valence electrons. The number of rotatable bonds is 4. The summed E-state index contributed by atoms with van der Waals surface area (Å²) in [6.07, 6.45) is 1.48. The van der Waals surface area contributed by atoms with Crippen molar-refractivity contribution in [1.82, 2.24) is 10.6 Å². The summed E-state index contributed by atoms with van der Waals surface area (Å²) in [7, 11) is 0. The summed E-state index contributed by atoms with van der Waals surface area (Å²) >= 11 is 0. The quantitative estimate of drug-likeness (QED) is 0.705. The van der Waals surface area contributed by atoms with E-state index in [0.717, 1.165) is 6.42 Å². The second-order valence-electron chi connectivity index (χ2n) is 4.61. The van der Waals surface area contributed by atoms with Gasteiger partial charge in [0.15, 0.2) is 0 Å². The Labute approximate surface area is 117 Å². The summed E-state index contributed by atoms with van der Waals surface area (Å²) in [4.78, 5) is 24.0. The first kappa shape index (κ1) is 14.2. The van der Waals surface area contributed by atoms with Crippen LogP contribution < -0.4 is 21.1 Å². The molecule has 0 radical (unpaired) electrons. The molecule has 0 aliphatic carbocycles. The van der Waals surface area contributed by atoms with Crippen LogP contribution in [0.3, 0.4) is 0 Å². The van der Waals surface area contributed by atoms with Crippen molar-refractivity contribution in [3.63, 3.8) is 0 Å². The van der Waals surface area contributed by atoms with E-state index in [0.29, 0.717) is 31.0 Å². The molecule has 4 N–H and O–H groups in total. The minimum absolute atomic E-state index is 0.155. The fourth-order valence-corrected chi connectivity index (χ4v) is 2.21. The minimum Gasteiger partial charge on any atom is -0.493 e. The maximum absolute atomic E-state index is 12.3. The van der Waals surface area contributed by atoms with Gasteiger partial charge in [0, 0.05) is 12.2 Å². The number of nitrogen functional groups attached to an aromatic ring is 1. The molecule has 2 rings (SSSR count). The smallest absolute Gasteiger partial charge is 0.257 e. The Morgan fingerprint density at radius 1 is 1.55 bits per heavy atom. The number of carbonyl (C=O) groups excluding carboxylic acids is 2. The van der Waals surface area contributed by atoms with Crippen LogP contribution in [0.5, 0.6) is 5.75 Å². The predicted octanol–water partition coefficient (Wildman–Crippen LogP) is 0.676. The second kappa shape index (κ2) is 6.27. The first-order valence-corrected chi connectivity index (χ1v) is 6.73. The Morgan fingerprint density at radius 2 is 2.35 bits per heavy atom. The van der Waals surface area contributed by atoms with Gasteiger partial charge in [0.2, 0.25) is 5.91 Å². The predicted molar refractivity (Wildman–Crippen MR) is 75.5 cm³/mol. The molecule has 6 nitrogen and oxygen atoms in total. The Hall–Kier alpha value is -2.24. The van der Waals surface area contributed by atoms with E-state index in [-0.39, 0.29) is 17.4 Å². The molecule has 1 saturated heterocycles. The fourth-order valence-electron chi connectivity index (χ4n) is 2.21. The van der Waals surface area contributed by atoms with Gasteiger partial charge in [-0.15, -0.1) is 0 Å². The molecular formula is C14H19N3O3. The number of hydrogen-bond donors (Lipinski definition) is 3. The van der Waals surface area contributed by atoms with Crippen molar-refractivity contribution in [3.8, 4) is 5.75 Å². The van der Waals surface area contributed by atoms with E-state index in [2.05, 4.69) is 10.6 Å². The molecule has 20 heavy (non-hydrogen) atoms. The Balaban J connectivity index is 2.18. The van der Waals surface area contributed by atoms with Gasteiger partial charge in [-0.1, -0.05) is 6.07 Å². The highest BCUT2D eigenvalue weighted by atomic mass is 16.5. The topological polar surface area (TPSA) is 93.4 Å². The average Bonchev–Trinajstić information content (AvgIpc) is 2.42. The number of nitrogens with one attached hydrogen (secondary N) is 2. The van der Waals surface area contributed by atoms with Crippen molar-refractivity contribution in [2.24, 2.45) is 0 Å².